The Bertz CT molecular complexity index is 357. The van der Waals surface area contributed by atoms with Crippen molar-refractivity contribution in [2.45, 2.75) is 12.3 Å². The average molecular weight is 260 g/mol. The number of rotatable bonds is 5. The molecule has 0 aliphatic rings. The summed E-state index contributed by atoms with van der Waals surface area (Å²) in [7, 11) is 2.97. The van der Waals surface area contributed by atoms with E-state index in [0.717, 1.165) is 11.3 Å². The molecule has 0 spiro atoms. The highest BCUT2D eigenvalue weighted by Crippen LogP contribution is 2.28. The van der Waals surface area contributed by atoms with Gasteiger partial charge in [-0.1, -0.05) is 18.2 Å². The van der Waals surface area contributed by atoms with Crippen molar-refractivity contribution in [2.75, 3.05) is 20.8 Å². The van der Waals surface area contributed by atoms with Crippen molar-refractivity contribution in [3.8, 4) is 5.75 Å². The number of para-hydroxylation sites is 1. The summed E-state index contributed by atoms with van der Waals surface area (Å²) in [6.07, 6.45) is 0.271. The lowest BCUT2D eigenvalue weighted by molar-refractivity contribution is -0.141. The van der Waals surface area contributed by atoms with E-state index in [1.54, 1.807) is 7.11 Å². The lowest BCUT2D eigenvalue weighted by atomic mass is 9.95. The Labute approximate surface area is 108 Å². The van der Waals surface area contributed by atoms with Crippen LogP contribution in [0, 0.1) is 0 Å². The topological polar surface area (TPSA) is 61.5 Å². The Hall–Kier alpha value is -1.26. The van der Waals surface area contributed by atoms with Crippen LogP contribution in [0.25, 0.3) is 0 Å². The molecular formula is C12H18ClNO3. The molecule has 0 radical (unpaired) electrons. The molecule has 17 heavy (non-hydrogen) atoms. The molecule has 1 aromatic carbocycles. The van der Waals surface area contributed by atoms with Gasteiger partial charge in [-0.25, -0.2) is 0 Å². The molecule has 1 unspecified atom stereocenters. The van der Waals surface area contributed by atoms with Crippen molar-refractivity contribution < 1.29 is 14.3 Å². The lowest BCUT2D eigenvalue weighted by Gasteiger charge is -2.16. The first-order valence-electron chi connectivity index (χ1n) is 5.12. The first-order valence-corrected chi connectivity index (χ1v) is 5.12. The number of ether oxygens (including phenoxy) is 2. The van der Waals surface area contributed by atoms with Gasteiger partial charge in [-0.2, -0.15) is 0 Å². The number of nitrogens with two attached hydrogens (primary N) is 1. The third kappa shape index (κ3) is 4.24. The molecule has 0 bridgehead atoms. The maximum atomic E-state index is 11.2. The first-order chi connectivity index (χ1) is 7.72. The van der Waals surface area contributed by atoms with E-state index in [2.05, 4.69) is 4.74 Å². The van der Waals surface area contributed by atoms with Crippen molar-refractivity contribution in [1.82, 2.24) is 0 Å². The van der Waals surface area contributed by atoms with Crippen LogP contribution in [0.4, 0.5) is 0 Å². The Kier molecular flexibility index (Phi) is 7.34. The summed E-state index contributed by atoms with van der Waals surface area (Å²) in [6.45, 7) is 0.384. The zero-order chi connectivity index (χ0) is 12.0. The average Bonchev–Trinajstić information content (AvgIpc) is 2.35. The molecule has 2 N–H and O–H groups in total. The Balaban J connectivity index is 0.00000256. The van der Waals surface area contributed by atoms with Crippen molar-refractivity contribution >= 4 is 18.4 Å². The number of halogens is 1. The van der Waals surface area contributed by atoms with Crippen molar-refractivity contribution in [3.63, 3.8) is 0 Å². The number of hydrogen-bond acceptors (Lipinski definition) is 4. The molecule has 96 valence electrons. The molecular weight excluding hydrogens is 242 g/mol. The monoisotopic (exact) mass is 259 g/mol. The van der Waals surface area contributed by atoms with Crippen LogP contribution in [-0.2, 0) is 9.53 Å². The minimum atomic E-state index is -0.263. The molecule has 0 saturated heterocycles. The van der Waals surface area contributed by atoms with E-state index in [9.17, 15) is 4.79 Å². The van der Waals surface area contributed by atoms with Gasteiger partial charge in [0.25, 0.3) is 0 Å². The fourth-order valence-electron chi connectivity index (χ4n) is 1.61. The molecule has 0 saturated carbocycles. The Morgan fingerprint density at radius 2 is 2.00 bits per heavy atom. The quantitative estimate of drug-likeness (QED) is 0.818. The minimum absolute atomic E-state index is 0. The smallest absolute Gasteiger partial charge is 0.306 e. The number of benzene rings is 1. The van der Waals surface area contributed by atoms with Crippen molar-refractivity contribution in [3.05, 3.63) is 29.8 Å². The van der Waals surface area contributed by atoms with Gasteiger partial charge in [0.05, 0.1) is 20.6 Å². The van der Waals surface area contributed by atoms with Crippen molar-refractivity contribution in [1.29, 1.82) is 0 Å². The van der Waals surface area contributed by atoms with E-state index in [1.807, 2.05) is 24.3 Å². The van der Waals surface area contributed by atoms with Gasteiger partial charge in [0.15, 0.2) is 0 Å². The van der Waals surface area contributed by atoms with Gasteiger partial charge in [0, 0.05) is 5.92 Å². The fourth-order valence-corrected chi connectivity index (χ4v) is 1.61. The predicted molar refractivity (Wildman–Crippen MR) is 68.7 cm³/mol. The van der Waals surface area contributed by atoms with Gasteiger partial charge in [0.2, 0.25) is 0 Å². The van der Waals surface area contributed by atoms with E-state index in [1.165, 1.54) is 7.11 Å². The van der Waals surface area contributed by atoms with Crippen LogP contribution in [0.2, 0.25) is 0 Å². The first kappa shape index (κ1) is 15.7. The summed E-state index contributed by atoms with van der Waals surface area (Å²) < 4.78 is 9.88. The summed E-state index contributed by atoms with van der Waals surface area (Å²) in [5, 5.41) is 0. The molecule has 5 heteroatoms. The standard InChI is InChI=1S/C12H17NO3.ClH/c1-15-11-6-4-3-5-10(11)9(8-13)7-12(14)16-2;/h3-6,9H,7-8,13H2,1-2H3;1H. The molecule has 0 heterocycles. The van der Waals surface area contributed by atoms with Gasteiger partial charge in [-0.05, 0) is 18.2 Å². The molecule has 1 aromatic rings. The molecule has 4 nitrogen and oxygen atoms in total. The summed E-state index contributed by atoms with van der Waals surface area (Å²) in [6, 6.07) is 7.56. The van der Waals surface area contributed by atoms with E-state index < -0.39 is 0 Å². The maximum absolute atomic E-state index is 11.2. The summed E-state index contributed by atoms with van der Waals surface area (Å²) in [5.74, 6) is 0.423. The summed E-state index contributed by atoms with van der Waals surface area (Å²) in [4.78, 5) is 11.2. The second kappa shape index (κ2) is 7.92. The third-order valence-electron chi connectivity index (χ3n) is 2.50. The number of methoxy groups -OCH3 is 2. The summed E-state index contributed by atoms with van der Waals surface area (Å²) in [5.41, 5.74) is 6.61. The third-order valence-corrected chi connectivity index (χ3v) is 2.50. The highest BCUT2D eigenvalue weighted by Gasteiger charge is 2.18. The predicted octanol–water partition coefficient (Wildman–Crippen LogP) is 1.72. The molecule has 0 aliphatic heterocycles. The number of carbonyl (C=O) groups is 1. The number of esters is 1. The zero-order valence-electron chi connectivity index (χ0n) is 10.0. The van der Waals surface area contributed by atoms with Gasteiger partial charge in [-0.3, -0.25) is 4.79 Å². The lowest BCUT2D eigenvalue weighted by Crippen LogP contribution is -2.17. The Morgan fingerprint density at radius 1 is 1.35 bits per heavy atom. The van der Waals surface area contributed by atoms with Gasteiger partial charge >= 0.3 is 5.97 Å². The van der Waals surface area contributed by atoms with Crippen LogP contribution in [0.5, 0.6) is 5.75 Å². The van der Waals surface area contributed by atoms with E-state index in [4.69, 9.17) is 10.5 Å². The van der Waals surface area contributed by atoms with E-state index in [-0.39, 0.29) is 30.7 Å². The highest BCUT2D eigenvalue weighted by atomic mass is 35.5. The molecule has 0 aliphatic carbocycles. The molecule has 0 aromatic heterocycles. The second-order valence-corrected chi connectivity index (χ2v) is 3.45. The number of carbonyl (C=O) groups excluding carboxylic acids is 1. The van der Waals surface area contributed by atoms with Gasteiger partial charge < -0.3 is 15.2 Å². The van der Waals surface area contributed by atoms with Crippen LogP contribution < -0.4 is 10.5 Å². The molecule has 0 fully saturated rings. The minimum Gasteiger partial charge on any atom is -0.496 e. The normalized spacial score (nSPS) is 11.2. The van der Waals surface area contributed by atoms with Gasteiger partial charge in [0.1, 0.15) is 5.75 Å². The largest absolute Gasteiger partial charge is 0.496 e. The summed E-state index contributed by atoms with van der Waals surface area (Å²) >= 11 is 0. The van der Waals surface area contributed by atoms with Crippen LogP contribution in [0.1, 0.15) is 17.9 Å². The SMILES string of the molecule is COC(=O)CC(CN)c1ccccc1OC.Cl. The van der Waals surface area contributed by atoms with E-state index >= 15 is 0 Å². The molecule has 1 rings (SSSR count). The second-order valence-electron chi connectivity index (χ2n) is 3.45. The van der Waals surface area contributed by atoms with Crippen LogP contribution in [0.3, 0.4) is 0 Å². The number of hydrogen-bond donors (Lipinski definition) is 1. The Morgan fingerprint density at radius 3 is 2.53 bits per heavy atom. The highest BCUT2D eigenvalue weighted by molar-refractivity contribution is 5.85. The van der Waals surface area contributed by atoms with Gasteiger partial charge in [-0.15, -0.1) is 12.4 Å². The van der Waals surface area contributed by atoms with Crippen molar-refractivity contribution in [2.24, 2.45) is 5.73 Å². The molecule has 0 amide bonds. The van der Waals surface area contributed by atoms with Crippen LogP contribution in [-0.4, -0.2) is 26.7 Å². The van der Waals surface area contributed by atoms with E-state index in [0.29, 0.717) is 6.54 Å². The van der Waals surface area contributed by atoms with Crippen LogP contribution >= 0.6 is 12.4 Å². The molecule has 1 atom stereocenters. The fraction of sp³-hybridized carbons (Fsp3) is 0.417. The van der Waals surface area contributed by atoms with Crippen LogP contribution in [0.15, 0.2) is 24.3 Å². The zero-order valence-corrected chi connectivity index (χ0v) is 10.8. The maximum Gasteiger partial charge on any atom is 0.306 e.